The summed E-state index contributed by atoms with van der Waals surface area (Å²) in [7, 11) is 0. The van der Waals surface area contributed by atoms with Crippen LogP contribution in [0.5, 0.6) is 0 Å². The summed E-state index contributed by atoms with van der Waals surface area (Å²) in [6, 6.07) is 0. The third-order valence-electron chi connectivity index (χ3n) is 6.09. The lowest BCUT2D eigenvalue weighted by Gasteiger charge is -2.10. The van der Waals surface area contributed by atoms with E-state index in [1.165, 1.54) is 128 Å². The largest absolute Gasteiger partial charge is 0.396 e. The van der Waals surface area contributed by atoms with Crippen molar-refractivity contribution < 1.29 is 10.2 Å². The Morgan fingerprint density at radius 2 is 0.714 bits per heavy atom. The third kappa shape index (κ3) is 24.0. The van der Waals surface area contributed by atoms with Gasteiger partial charge in [0.2, 0.25) is 0 Å². The first kappa shape index (κ1) is 27.9. The Labute approximate surface area is 177 Å². The molecule has 0 aromatic heterocycles. The highest BCUT2D eigenvalue weighted by Crippen LogP contribution is 2.15. The Morgan fingerprint density at radius 1 is 0.429 bits per heavy atom. The van der Waals surface area contributed by atoms with Crippen molar-refractivity contribution in [1.29, 1.82) is 0 Å². The van der Waals surface area contributed by atoms with Crippen LogP contribution in [-0.4, -0.2) is 22.9 Å². The molecule has 0 radical (unpaired) electrons. The molecule has 0 aromatic rings. The van der Waals surface area contributed by atoms with Gasteiger partial charge in [0, 0.05) is 6.61 Å². The summed E-state index contributed by atoms with van der Waals surface area (Å²) < 4.78 is 0. The molecule has 0 aromatic carbocycles. The van der Waals surface area contributed by atoms with E-state index in [9.17, 15) is 5.11 Å². The van der Waals surface area contributed by atoms with Crippen LogP contribution in [0.2, 0.25) is 0 Å². The summed E-state index contributed by atoms with van der Waals surface area (Å²) in [6.07, 6.45) is 30.0. The van der Waals surface area contributed by atoms with Crippen molar-refractivity contribution in [3.8, 4) is 0 Å². The quantitative estimate of drug-likeness (QED) is 0.160. The smallest absolute Gasteiger partial charge is 0.0540 e. The molecule has 0 saturated heterocycles. The molecule has 0 bridgehead atoms. The van der Waals surface area contributed by atoms with Gasteiger partial charge in [0.15, 0.2) is 0 Å². The number of hydrogen-bond acceptors (Lipinski definition) is 2. The van der Waals surface area contributed by atoms with E-state index < -0.39 is 0 Å². The number of aliphatic hydroxyl groups is 2. The van der Waals surface area contributed by atoms with Gasteiger partial charge in [-0.1, -0.05) is 135 Å². The van der Waals surface area contributed by atoms with Crippen LogP contribution >= 0.6 is 0 Å². The van der Waals surface area contributed by atoms with Gasteiger partial charge >= 0.3 is 0 Å². The van der Waals surface area contributed by atoms with Crippen LogP contribution in [0.15, 0.2) is 0 Å². The minimum absolute atomic E-state index is 0.0397. The maximum absolute atomic E-state index is 10.0. The van der Waals surface area contributed by atoms with Gasteiger partial charge in [-0.2, -0.15) is 0 Å². The maximum Gasteiger partial charge on any atom is 0.0540 e. The lowest BCUT2D eigenvalue weighted by atomic mass is 10.0. The normalized spacial score (nSPS) is 12.5. The lowest BCUT2D eigenvalue weighted by Crippen LogP contribution is -2.05. The van der Waals surface area contributed by atoms with Crippen LogP contribution in [0, 0.1) is 0 Å². The molecule has 0 fully saturated rings. The second-order valence-electron chi connectivity index (χ2n) is 9.03. The summed E-state index contributed by atoms with van der Waals surface area (Å²) in [5.74, 6) is 0. The fourth-order valence-electron chi connectivity index (χ4n) is 4.09. The Bertz CT molecular complexity index is 267. The molecule has 0 aliphatic heterocycles. The van der Waals surface area contributed by atoms with E-state index in [0.717, 1.165) is 19.3 Å². The Morgan fingerprint density at radius 3 is 1.04 bits per heavy atom. The van der Waals surface area contributed by atoms with E-state index in [0.29, 0.717) is 6.61 Å². The van der Waals surface area contributed by atoms with Gasteiger partial charge in [-0.25, -0.2) is 0 Å². The van der Waals surface area contributed by atoms with Crippen LogP contribution in [0.3, 0.4) is 0 Å². The molecule has 0 spiro atoms. The fourth-order valence-corrected chi connectivity index (χ4v) is 4.09. The Kier molecular flexibility index (Phi) is 24.9. The van der Waals surface area contributed by atoms with Crippen molar-refractivity contribution in [2.75, 3.05) is 6.61 Å². The van der Waals surface area contributed by atoms with Crippen molar-refractivity contribution in [2.45, 2.75) is 161 Å². The van der Waals surface area contributed by atoms with E-state index in [-0.39, 0.29) is 6.10 Å². The second-order valence-corrected chi connectivity index (χ2v) is 9.03. The van der Waals surface area contributed by atoms with Gasteiger partial charge in [0.05, 0.1) is 6.10 Å². The molecule has 0 rings (SSSR count). The van der Waals surface area contributed by atoms with Gasteiger partial charge in [-0.05, 0) is 19.3 Å². The monoisotopic (exact) mass is 398 g/mol. The summed E-state index contributed by atoms with van der Waals surface area (Å²) in [4.78, 5) is 0. The van der Waals surface area contributed by atoms with Crippen LogP contribution in [0.1, 0.15) is 155 Å². The van der Waals surface area contributed by atoms with Crippen LogP contribution < -0.4 is 0 Å². The van der Waals surface area contributed by atoms with E-state index in [4.69, 9.17) is 5.11 Å². The molecule has 0 aliphatic rings. The van der Waals surface area contributed by atoms with Crippen LogP contribution in [0.4, 0.5) is 0 Å². The molecule has 2 N–H and O–H groups in total. The third-order valence-corrected chi connectivity index (χ3v) is 6.09. The highest BCUT2D eigenvalue weighted by atomic mass is 16.3. The minimum Gasteiger partial charge on any atom is -0.396 e. The zero-order chi connectivity index (χ0) is 20.5. The van der Waals surface area contributed by atoms with Crippen LogP contribution in [0.25, 0.3) is 0 Å². The molecule has 28 heavy (non-hydrogen) atoms. The molecular weight excluding hydrogens is 344 g/mol. The molecule has 1 atom stereocenters. The highest BCUT2D eigenvalue weighted by Gasteiger charge is 2.03. The molecule has 0 amide bonds. The van der Waals surface area contributed by atoms with Crippen molar-refractivity contribution in [2.24, 2.45) is 0 Å². The number of aliphatic hydroxyl groups excluding tert-OH is 2. The zero-order valence-electron chi connectivity index (χ0n) is 19.4. The predicted octanol–water partition coefficient (Wildman–Crippen LogP) is 8.33. The standard InChI is InChI=1S/C26H54O2/c1-2-3-4-17-20-23-26(28)24-21-18-15-13-11-9-7-5-6-8-10-12-14-16-19-22-25-27/h26-28H,2-25H2,1H3. The summed E-state index contributed by atoms with van der Waals surface area (Å²) >= 11 is 0. The Balaban J connectivity index is 3.08. The summed E-state index contributed by atoms with van der Waals surface area (Å²) in [5, 5.41) is 18.8. The van der Waals surface area contributed by atoms with Crippen LogP contribution in [-0.2, 0) is 0 Å². The lowest BCUT2D eigenvalue weighted by molar-refractivity contribution is 0.147. The molecule has 0 aliphatic carbocycles. The minimum atomic E-state index is -0.0397. The second kappa shape index (κ2) is 25.0. The Hall–Kier alpha value is -0.0800. The predicted molar refractivity (Wildman–Crippen MR) is 125 cm³/mol. The molecule has 170 valence electrons. The van der Waals surface area contributed by atoms with Gasteiger partial charge in [-0.15, -0.1) is 0 Å². The highest BCUT2D eigenvalue weighted by molar-refractivity contribution is 4.57. The number of unbranched alkanes of at least 4 members (excludes halogenated alkanes) is 19. The molecule has 1 unspecified atom stereocenters. The number of hydrogen-bond donors (Lipinski definition) is 2. The average molecular weight is 399 g/mol. The molecule has 2 nitrogen and oxygen atoms in total. The van der Waals surface area contributed by atoms with Crippen molar-refractivity contribution in [1.82, 2.24) is 0 Å². The van der Waals surface area contributed by atoms with Crippen molar-refractivity contribution in [3.05, 3.63) is 0 Å². The summed E-state index contributed by atoms with van der Waals surface area (Å²) in [6.45, 7) is 2.61. The first-order chi connectivity index (χ1) is 13.8. The van der Waals surface area contributed by atoms with E-state index >= 15 is 0 Å². The van der Waals surface area contributed by atoms with Gasteiger partial charge in [-0.3, -0.25) is 0 Å². The summed E-state index contributed by atoms with van der Waals surface area (Å²) in [5.41, 5.74) is 0. The van der Waals surface area contributed by atoms with Gasteiger partial charge < -0.3 is 10.2 Å². The average Bonchev–Trinajstić information content (AvgIpc) is 2.70. The number of rotatable bonds is 24. The molecule has 2 heteroatoms. The topological polar surface area (TPSA) is 40.5 Å². The van der Waals surface area contributed by atoms with E-state index in [1.807, 2.05) is 0 Å². The zero-order valence-corrected chi connectivity index (χ0v) is 19.4. The van der Waals surface area contributed by atoms with E-state index in [2.05, 4.69) is 6.92 Å². The maximum atomic E-state index is 10.0. The fraction of sp³-hybridized carbons (Fsp3) is 1.00. The van der Waals surface area contributed by atoms with Gasteiger partial charge in [0.25, 0.3) is 0 Å². The van der Waals surface area contributed by atoms with E-state index in [1.54, 1.807) is 0 Å². The first-order valence-electron chi connectivity index (χ1n) is 13.1. The van der Waals surface area contributed by atoms with Gasteiger partial charge in [0.1, 0.15) is 0 Å². The van der Waals surface area contributed by atoms with Crippen molar-refractivity contribution in [3.63, 3.8) is 0 Å². The molecular formula is C26H54O2. The first-order valence-corrected chi connectivity index (χ1v) is 13.1. The van der Waals surface area contributed by atoms with Crippen molar-refractivity contribution >= 4 is 0 Å². The molecule has 0 heterocycles. The molecule has 0 saturated carbocycles. The SMILES string of the molecule is CCCCCCCC(O)CCCCCCCCCCCCCCCCCCO.